The van der Waals surface area contributed by atoms with Crippen molar-refractivity contribution in [3.63, 3.8) is 0 Å². The fourth-order valence-electron chi connectivity index (χ4n) is 2.78. The predicted octanol–water partition coefficient (Wildman–Crippen LogP) is 3.06. The summed E-state index contributed by atoms with van der Waals surface area (Å²) in [5, 5.41) is 0. The Bertz CT molecular complexity index is 873. The number of carbonyl (C=O) groups is 2. The fourth-order valence-corrected chi connectivity index (χ4v) is 2.78. The Morgan fingerprint density at radius 3 is 2.61 bits per heavy atom. The molecule has 0 N–H and O–H groups in total. The number of hydrogen-bond acceptors (Lipinski definition) is 5. The standard InChI is InChI=1S/C22H23NO5/c1-3-26-19-10-8-16(9-11-19)13-23(2)21(24)15-28-22(25)18-12-17-6-4-5-7-20(17)27-14-18/h4-12H,3,13-15H2,1-2H3. The normalized spacial score (nSPS) is 12.3. The van der Waals surface area contributed by atoms with Crippen molar-refractivity contribution in [3.05, 3.63) is 65.2 Å². The number of rotatable bonds is 7. The van der Waals surface area contributed by atoms with Gasteiger partial charge in [0, 0.05) is 19.2 Å². The van der Waals surface area contributed by atoms with E-state index in [2.05, 4.69) is 0 Å². The Hall–Kier alpha value is -3.28. The number of para-hydroxylation sites is 1. The summed E-state index contributed by atoms with van der Waals surface area (Å²) in [5.41, 5.74) is 2.17. The second kappa shape index (κ2) is 9.08. The summed E-state index contributed by atoms with van der Waals surface area (Å²) >= 11 is 0. The van der Waals surface area contributed by atoms with E-state index in [0.717, 1.165) is 22.6 Å². The Morgan fingerprint density at radius 2 is 1.86 bits per heavy atom. The maximum Gasteiger partial charge on any atom is 0.338 e. The van der Waals surface area contributed by atoms with Crippen LogP contribution in [0.25, 0.3) is 6.08 Å². The second-order valence-corrected chi connectivity index (χ2v) is 6.40. The van der Waals surface area contributed by atoms with Crippen molar-refractivity contribution in [1.29, 1.82) is 0 Å². The minimum Gasteiger partial charge on any atom is -0.494 e. The van der Waals surface area contributed by atoms with Gasteiger partial charge in [0.2, 0.25) is 0 Å². The lowest BCUT2D eigenvalue weighted by Gasteiger charge is -2.19. The maximum atomic E-state index is 12.3. The summed E-state index contributed by atoms with van der Waals surface area (Å²) in [5.74, 6) is 0.696. The maximum absolute atomic E-state index is 12.3. The van der Waals surface area contributed by atoms with E-state index in [0.29, 0.717) is 18.7 Å². The first-order valence-electron chi connectivity index (χ1n) is 9.12. The van der Waals surface area contributed by atoms with E-state index >= 15 is 0 Å². The molecule has 0 saturated heterocycles. The molecule has 1 heterocycles. The molecule has 6 nitrogen and oxygen atoms in total. The summed E-state index contributed by atoms with van der Waals surface area (Å²) in [6.45, 7) is 2.77. The van der Waals surface area contributed by atoms with Crippen LogP contribution in [0.2, 0.25) is 0 Å². The van der Waals surface area contributed by atoms with E-state index in [4.69, 9.17) is 14.2 Å². The van der Waals surface area contributed by atoms with Gasteiger partial charge in [-0.1, -0.05) is 30.3 Å². The molecule has 1 aliphatic rings. The average molecular weight is 381 g/mol. The van der Waals surface area contributed by atoms with Crippen molar-refractivity contribution >= 4 is 18.0 Å². The molecular formula is C22H23NO5. The zero-order valence-electron chi connectivity index (χ0n) is 16.0. The molecule has 0 atom stereocenters. The quantitative estimate of drug-likeness (QED) is 0.690. The summed E-state index contributed by atoms with van der Waals surface area (Å²) < 4.78 is 16.1. The van der Waals surface area contributed by atoms with Crippen LogP contribution in [0, 0.1) is 0 Å². The van der Waals surface area contributed by atoms with Crippen LogP contribution in [0.1, 0.15) is 18.1 Å². The molecular weight excluding hydrogens is 358 g/mol. The smallest absolute Gasteiger partial charge is 0.338 e. The number of likely N-dealkylation sites (N-methyl/N-ethyl adjacent to an activating group) is 1. The highest BCUT2D eigenvalue weighted by Gasteiger charge is 2.20. The zero-order chi connectivity index (χ0) is 19.9. The number of esters is 1. The molecule has 2 aromatic carbocycles. The molecule has 0 radical (unpaired) electrons. The fraction of sp³-hybridized carbons (Fsp3) is 0.273. The van der Waals surface area contributed by atoms with Gasteiger partial charge in [0.15, 0.2) is 6.61 Å². The second-order valence-electron chi connectivity index (χ2n) is 6.40. The largest absolute Gasteiger partial charge is 0.494 e. The molecule has 28 heavy (non-hydrogen) atoms. The van der Waals surface area contributed by atoms with Crippen molar-refractivity contribution in [2.45, 2.75) is 13.5 Å². The van der Waals surface area contributed by atoms with Gasteiger partial charge in [0.05, 0.1) is 12.2 Å². The Morgan fingerprint density at radius 1 is 1.11 bits per heavy atom. The zero-order valence-corrected chi connectivity index (χ0v) is 16.0. The first-order chi connectivity index (χ1) is 13.6. The van der Waals surface area contributed by atoms with Crippen LogP contribution in [-0.2, 0) is 20.9 Å². The highest BCUT2D eigenvalue weighted by molar-refractivity contribution is 5.96. The van der Waals surface area contributed by atoms with E-state index < -0.39 is 5.97 Å². The number of hydrogen-bond donors (Lipinski definition) is 0. The van der Waals surface area contributed by atoms with Gasteiger partial charge in [-0.25, -0.2) is 4.79 Å². The predicted molar refractivity (Wildman–Crippen MR) is 105 cm³/mol. The van der Waals surface area contributed by atoms with Gasteiger partial charge in [-0.15, -0.1) is 0 Å². The molecule has 2 aromatic rings. The monoisotopic (exact) mass is 381 g/mol. The number of fused-ring (bicyclic) bond motifs is 1. The highest BCUT2D eigenvalue weighted by atomic mass is 16.5. The molecule has 146 valence electrons. The molecule has 0 spiro atoms. The minimum atomic E-state index is -0.544. The van der Waals surface area contributed by atoms with Crippen molar-refractivity contribution in [3.8, 4) is 11.5 Å². The minimum absolute atomic E-state index is 0.131. The van der Waals surface area contributed by atoms with Crippen LogP contribution in [0.15, 0.2) is 54.1 Å². The summed E-state index contributed by atoms with van der Waals surface area (Å²) in [4.78, 5) is 26.0. The van der Waals surface area contributed by atoms with E-state index in [1.807, 2.05) is 55.5 Å². The van der Waals surface area contributed by atoms with Gasteiger partial charge in [-0.2, -0.15) is 0 Å². The number of carbonyl (C=O) groups excluding carboxylic acids is 2. The molecule has 0 saturated carbocycles. The van der Waals surface area contributed by atoms with Crippen LogP contribution >= 0.6 is 0 Å². The summed E-state index contributed by atoms with van der Waals surface area (Å²) in [6.07, 6.45) is 1.73. The Balaban J connectivity index is 1.50. The Kier molecular flexibility index (Phi) is 6.32. The lowest BCUT2D eigenvalue weighted by atomic mass is 10.1. The summed E-state index contributed by atoms with van der Waals surface area (Å²) in [7, 11) is 1.67. The molecule has 3 rings (SSSR count). The average Bonchev–Trinajstić information content (AvgIpc) is 2.73. The SMILES string of the molecule is CCOc1ccc(CN(C)C(=O)COC(=O)C2=Cc3ccccc3OC2)cc1. The van der Waals surface area contributed by atoms with E-state index in [1.54, 1.807) is 13.1 Å². The molecule has 1 amide bonds. The number of ether oxygens (including phenoxy) is 3. The van der Waals surface area contributed by atoms with Gasteiger partial charge >= 0.3 is 5.97 Å². The highest BCUT2D eigenvalue weighted by Crippen LogP contribution is 2.26. The summed E-state index contributed by atoms with van der Waals surface area (Å²) in [6, 6.07) is 15.0. The van der Waals surface area contributed by atoms with Crippen molar-refractivity contribution in [2.75, 3.05) is 26.9 Å². The lowest BCUT2D eigenvalue weighted by molar-refractivity contribution is -0.148. The third-order valence-electron chi connectivity index (χ3n) is 4.30. The van der Waals surface area contributed by atoms with E-state index in [9.17, 15) is 9.59 Å². The van der Waals surface area contributed by atoms with Gasteiger partial charge in [0.25, 0.3) is 5.91 Å². The van der Waals surface area contributed by atoms with Crippen molar-refractivity contribution < 1.29 is 23.8 Å². The van der Waals surface area contributed by atoms with Gasteiger partial charge < -0.3 is 19.1 Å². The molecule has 1 aliphatic heterocycles. The third-order valence-corrected chi connectivity index (χ3v) is 4.30. The van der Waals surface area contributed by atoms with Crippen LogP contribution in [0.5, 0.6) is 11.5 Å². The van der Waals surface area contributed by atoms with Crippen LogP contribution in [0.4, 0.5) is 0 Å². The van der Waals surface area contributed by atoms with Crippen molar-refractivity contribution in [2.24, 2.45) is 0 Å². The number of amides is 1. The van der Waals surface area contributed by atoms with E-state index in [1.165, 1.54) is 4.90 Å². The van der Waals surface area contributed by atoms with Gasteiger partial charge in [0.1, 0.15) is 18.1 Å². The molecule has 0 fully saturated rings. The third kappa shape index (κ3) is 4.91. The van der Waals surface area contributed by atoms with Crippen molar-refractivity contribution in [1.82, 2.24) is 4.90 Å². The molecule has 0 aromatic heterocycles. The molecule has 6 heteroatoms. The van der Waals surface area contributed by atoms with E-state index in [-0.39, 0.29) is 19.1 Å². The lowest BCUT2D eigenvalue weighted by Crippen LogP contribution is -2.31. The molecule has 0 bridgehead atoms. The number of benzene rings is 2. The van der Waals surface area contributed by atoms with Gasteiger partial charge in [-0.3, -0.25) is 4.79 Å². The molecule has 0 aliphatic carbocycles. The van der Waals surface area contributed by atoms with Crippen LogP contribution in [-0.4, -0.2) is 43.6 Å². The number of nitrogens with zero attached hydrogens (tertiary/aromatic N) is 1. The van der Waals surface area contributed by atoms with Gasteiger partial charge in [-0.05, 0) is 36.8 Å². The Labute approximate surface area is 164 Å². The first-order valence-corrected chi connectivity index (χ1v) is 9.12. The topological polar surface area (TPSA) is 65.1 Å². The first kappa shape index (κ1) is 19.5. The molecule has 0 unspecified atom stereocenters. The van der Waals surface area contributed by atoms with Crippen LogP contribution in [0.3, 0.4) is 0 Å². The van der Waals surface area contributed by atoms with Crippen LogP contribution < -0.4 is 9.47 Å².